The molecule has 5 nitrogen and oxygen atoms in total. The number of hydrogen-bond donors (Lipinski definition) is 2. The van der Waals surface area contributed by atoms with Crippen LogP contribution in [0.2, 0.25) is 0 Å². The van der Waals surface area contributed by atoms with Crippen LogP contribution in [0.1, 0.15) is 5.82 Å². The second-order valence-corrected chi connectivity index (χ2v) is 3.91. The predicted molar refractivity (Wildman–Crippen MR) is 69.1 cm³/mol. The molecule has 18 heavy (non-hydrogen) atoms. The van der Waals surface area contributed by atoms with Crippen molar-refractivity contribution in [3.8, 4) is 5.75 Å². The molecule has 2 aromatic carbocycles. The average Bonchev–Trinajstić information content (AvgIpc) is 2.82. The van der Waals surface area contributed by atoms with Crippen LogP contribution >= 0.6 is 0 Å². The first kappa shape index (κ1) is 10.6. The van der Waals surface area contributed by atoms with Gasteiger partial charge in [0.05, 0.1) is 0 Å². The molecule has 0 unspecified atom stereocenters. The zero-order valence-electron chi connectivity index (χ0n) is 9.63. The molecule has 3 aromatic rings. The molecule has 0 radical (unpaired) electrons. The van der Waals surface area contributed by atoms with Gasteiger partial charge in [0.1, 0.15) is 12.4 Å². The van der Waals surface area contributed by atoms with Crippen LogP contribution in [0.4, 0.5) is 5.95 Å². The monoisotopic (exact) mass is 240 g/mol. The van der Waals surface area contributed by atoms with Gasteiger partial charge in [-0.15, -0.1) is 5.10 Å². The molecule has 1 heterocycles. The molecule has 0 spiro atoms. The lowest BCUT2D eigenvalue weighted by molar-refractivity contribution is 0.300. The number of ether oxygens (including phenoxy) is 1. The van der Waals surface area contributed by atoms with Crippen LogP contribution in [0.25, 0.3) is 10.8 Å². The van der Waals surface area contributed by atoms with Crippen LogP contribution in [-0.4, -0.2) is 15.2 Å². The lowest BCUT2D eigenvalue weighted by atomic mass is 10.1. The van der Waals surface area contributed by atoms with Crippen molar-refractivity contribution in [1.82, 2.24) is 15.2 Å². The highest BCUT2D eigenvalue weighted by atomic mass is 16.5. The summed E-state index contributed by atoms with van der Waals surface area (Å²) in [5.41, 5.74) is 5.43. The van der Waals surface area contributed by atoms with Crippen LogP contribution in [0.3, 0.4) is 0 Å². The maximum atomic E-state index is 5.73. The number of nitrogens with zero attached hydrogens (tertiary/aromatic N) is 2. The van der Waals surface area contributed by atoms with Gasteiger partial charge in [0.2, 0.25) is 5.95 Å². The number of benzene rings is 2. The standard InChI is InChI=1S/C13H12N4O/c14-13-15-12(16-17-13)8-18-11-7-3-5-9-4-1-2-6-10(9)11/h1-7H,8H2,(H3,14,15,16,17). The number of nitrogens with two attached hydrogens (primary N) is 1. The maximum absolute atomic E-state index is 5.73. The molecule has 0 aliphatic heterocycles. The third-order valence-corrected chi connectivity index (χ3v) is 2.66. The summed E-state index contributed by atoms with van der Waals surface area (Å²) in [4.78, 5) is 3.99. The van der Waals surface area contributed by atoms with E-state index in [1.54, 1.807) is 0 Å². The molecule has 90 valence electrons. The van der Waals surface area contributed by atoms with Gasteiger partial charge < -0.3 is 10.5 Å². The fraction of sp³-hybridized carbons (Fsp3) is 0.0769. The minimum Gasteiger partial charge on any atom is -0.485 e. The summed E-state index contributed by atoms with van der Waals surface area (Å²) >= 11 is 0. The Bertz CT molecular complexity index is 672. The lowest BCUT2D eigenvalue weighted by Crippen LogP contribution is -1.98. The number of anilines is 1. The molecule has 0 aliphatic rings. The third kappa shape index (κ3) is 1.98. The van der Waals surface area contributed by atoms with Crippen LogP contribution in [0.15, 0.2) is 42.5 Å². The SMILES string of the molecule is Nc1n[nH]c(COc2cccc3ccccc23)n1. The van der Waals surface area contributed by atoms with E-state index in [1.807, 2.05) is 30.3 Å². The molecular formula is C13H12N4O. The molecule has 0 bridgehead atoms. The number of aromatic nitrogens is 3. The Kier molecular flexibility index (Phi) is 2.57. The van der Waals surface area contributed by atoms with Crippen molar-refractivity contribution in [2.24, 2.45) is 0 Å². The van der Waals surface area contributed by atoms with Crippen molar-refractivity contribution in [3.05, 3.63) is 48.3 Å². The second-order valence-electron chi connectivity index (χ2n) is 3.91. The Morgan fingerprint density at radius 3 is 2.78 bits per heavy atom. The van der Waals surface area contributed by atoms with E-state index < -0.39 is 0 Å². The van der Waals surface area contributed by atoms with Gasteiger partial charge in [-0.25, -0.2) is 0 Å². The summed E-state index contributed by atoms with van der Waals surface area (Å²) in [5.74, 6) is 1.66. The van der Waals surface area contributed by atoms with Crippen LogP contribution in [0.5, 0.6) is 5.75 Å². The van der Waals surface area contributed by atoms with E-state index in [-0.39, 0.29) is 5.95 Å². The van der Waals surface area contributed by atoms with Crippen molar-refractivity contribution in [2.45, 2.75) is 6.61 Å². The van der Waals surface area contributed by atoms with E-state index in [9.17, 15) is 0 Å². The Hall–Kier alpha value is -2.56. The molecule has 0 saturated carbocycles. The van der Waals surface area contributed by atoms with Crippen molar-refractivity contribution in [2.75, 3.05) is 5.73 Å². The Balaban J connectivity index is 1.86. The highest BCUT2D eigenvalue weighted by Gasteiger charge is 2.04. The molecule has 0 atom stereocenters. The first-order valence-corrected chi connectivity index (χ1v) is 5.60. The highest BCUT2D eigenvalue weighted by molar-refractivity contribution is 5.88. The zero-order chi connectivity index (χ0) is 12.4. The molecule has 0 aliphatic carbocycles. The molecule has 0 amide bonds. The smallest absolute Gasteiger partial charge is 0.239 e. The number of rotatable bonds is 3. The molecule has 1 aromatic heterocycles. The summed E-state index contributed by atoms with van der Waals surface area (Å²) in [6.45, 7) is 0.318. The van der Waals surface area contributed by atoms with Gasteiger partial charge in [-0.2, -0.15) is 4.98 Å². The molecule has 5 heteroatoms. The highest BCUT2D eigenvalue weighted by Crippen LogP contribution is 2.25. The van der Waals surface area contributed by atoms with Crippen molar-refractivity contribution >= 4 is 16.7 Å². The minimum absolute atomic E-state index is 0.228. The number of fused-ring (bicyclic) bond motifs is 1. The van der Waals surface area contributed by atoms with Gasteiger partial charge in [-0.1, -0.05) is 36.4 Å². The summed E-state index contributed by atoms with van der Waals surface area (Å²) < 4.78 is 5.73. The number of nitrogen functional groups attached to an aromatic ring is 1. The number of hydrogen-bond acceptors (Lipinski definition) is 4. The van der Waals surface area contributed by atoms with E-state index in [2.05, 4.69) is 27.3 Å². The Labute approximate surface area is 104 Å². The topological polar surface area (TPSA) is 76.8 Å². The van der Waals surface area contributed by atoms with Crippen molar-refractivity contribution < 1.29 is 4.74 Å². The first-order valence-electron chi connectivity index (χ1n) is 5.60. The first-order chi connectivity index (χ1) is 8.83. The fourth-order valence-corrected chi connectivity index (χ4v) is 1.84. The van der Waals surface area contributed by atoms with Crippen LogP contribution in [0, 0.1) is 0 Å². The summed E-state index contributed by atoms with van der Waals surface area (Å²) in [6.07, 6.45) is 0. The van der Waals surface area contributed by atoms with E-state index in [4.69, 9.17) is 10.5 Å². The summed E-state index contributed by atoms with van der Waals surface area (Å²) in [7, 11) is 0. The van der Waals surface area contributed by atoms with Crippen LogP contribution in [-0.2, 0) is 6.61 Å². The predicted octanol–water partition coefficient (Wildman–Crippen LogP) is 2.12. The summed E-state index contributed by atoms with van der Waals surface area (Å²) in [6, 6.07) is 14.0. The summed E-state index contributed by atoms with van der Waals surface area (Å²) in [5, 5.41) is 8.69. The molecule has 0 saturated heterocycles. The molecule has 3 N–H and O–H groups in total. The second kappa shape index (κ2) is 4.37. The fourth-order valence-electron chi connectivity index (χ4n) is 1.84. The Morgan fingerprint density at radius 1 is 1.11 bits per heavy atom. The van der Waals surface area contributed by atoms with Crippen molar-refractivity contribution in [1.29, 1.82) is 0 Å². The van der Waals surface area contributed by atoms with Gasteiger partial charge in [0.15, 0.2) is 5.82 Å². The maximum Gasteiger partial charge on any atom is 0.239 e. The molecular weight excluding hydrogens is 228 g/mol. The van der Waals surface area contributed by atoms with Gasteiger partial charge in [0, 0.05) is 5.39 Å². The molecule has 3 rings (SSSR count). The van der Waals surface area contributed by atoms with Crippen molar-refractivity contribution in [3.63, 3.8) is 0 Å². The quantitative estimate of drug-likeness (QED) is 0.735. The van der Waals surface area contributed by atoms with E-state index in [0.29, 0.717) is 12.4 Å². The van der Waals surface area contributed by atoms with E-state index in [0.717, 1.165) is 16.5 Å². The van der Waals surface area contributed by atoms with Gasteiger partial charge in [-0.3, -0.25) is 5.10 Å². The van der Waals surface area contributed by atoms with Gasteiger partial charge in [-0.05, 0) is 11.5 Å². The van der Waals surface area contributed by atoms with Crippen LogP contribution < -0.4 is 10.5 Å². The van der Waals surface area contributed by atoms with E-state index >= 15 is 0 Å². The largest absolute Gasteiger partial charge is 0.485 e. The van der Waals surface area contributed by atoms with E-state index in [1.165, 1.54) is 0 Å². The normalized spacial score (nSPS) is 10.7. The van der Waals surface area contributed by atoms with Gasteiger partial charge in [0.25, 0.3) is 0 Å². The lowest BCUT2D eigenvalue weighted by Gasteiger charge is -2.07. The molecule has 0 fully saturated rings. The number of nitrogens with one attached hydrogen (secondary N) is 1. The minimum atomic E-state index is 0.228. The van der Waals surface area contributed by atoms with Gasteiger partial charge >= 0.3 is 0 Å². The number of aromatic amines is 1. The third-order valence-electron chi connectivity index (χ3n) is 2.66. The average molecular weight is 240 g/mol. The number of H-pyrrole nitrogens is 1. The zero-order valence-corrected chi connectivity index (χ0v) is 9.63. The Morgan fingerprint density at radius 2 is 1.94 bits per heavy atom.